The number of benzene rings is 2. The Morgan fingerprint density at radius 1 is 1.06 bits per heavy atom. The first-order chi connectivity index (χ1) is 16.3. The Bertz CT molecular complexity index is 1290. The van der Waals surface area contributed by atoms with Crippen LogP contribution in [0.15, 0.2) is 47.3 Å². The monoisotopic (exact) mass is 465 g/mol. The number of aromatic nitrogens is 2. The van der Waals surface area contributed by atoms with Crippen molar-refractivity contribution in [1.82, 2.24) is 20.0 Å². The first-order valence-corrected chi connectivity index (χ1v) is 11.5. The van der Waals surface area contributed by atoms with Gasteiger partial charge in [0.1, 0.15) is 11.9 Å². The van der Waals surface area contributed by atoms with Gasteiger partial charge in [-0.3, -0.25) is 9.59 Å². The fourth-order valence-corrected chi connectivity index (χ4v) is 4.35. The molecule has 0 radical (unpaired) electrons. The van der Waals surface area contributed by atoms with Crippen LogP contribution in [-0.4, -0.2) is 64.2 Å². The third kappa shape index (κ3) is 4.31. The third-order valence-corrected chi connectivity index (χ3v) is 6.43. The number of fused-ring (bicyclic) bond motifs is 1. The van der Waals surface area contributed by atoms with Crippen molar-refractivity contribution in [3.05, 3.63) is 69.9 Å². The van der Waals surface area contributed by atoms with Gasteiger partial charge in [-0.2, -0.15) is 5.10 Å². The highest BCUT2D eigenvalue weighted by atomic mass is 19.1. The lowest BCUT2D eigenvalue weighted by Crippen LogP contribution is -2.40. The maximum atomic E-state index is 14.9. The lowest BCUT2D eigenvalue weighted by atomic mass is 10.0. The zero-order chi connectivity index (χ0) is 24.4. The van der Waals surface area contributed by atoms with Crippen molar-refractivity contribution in [3.8, 4) is 0 Å². The SMILES string of the molecule is CCN(CC)CCN1C(=O)N(c2cc(Cc3n[nH]c(=O)c4ccccc34)ccc2F)C(=O)C1C. The van der Waals surface area contributed by atoms with Crippen LogP contribution in [0.25, 0.3) is 10.8 Å². The van der Waals surface area contributed by atoms with Gasteiger partial charge in [0, 0.05) is 24.9 Å². The molecule has 1 atom stereocenters. The standard InChI is InChI=1S/C25H28FN5O3/c1-4-29(5-2)12-13-30-16(3)24(33)31(25(30)34)22-15-17(10-11-20(22)26)14-21-18-8-6-7-9-19(18)23(32)28-27-21/h6-11,15-16H,4-5,12-14H2,1-3H3,(H,28,32). The van der Waals surface area contributed by atoms with Crippen molar-refractivity contribution in [1.29, 1.82) is 0 Å². The maximum absolute atomic E-state index is 14.9. The molecule has 1 aliphatic heterocycles. The van der Waals surface area contributed by atoms with Gasteiger partial charge in [0.2, 0.25) is 0 Å². The minimum absolute atomic E-state index is 0.0709. The number of rotatable bonds is 8. The van der Waals surface area contributed by atoms with E-state index in [4.69, 9.17) is 0 Å². The molecule has 2 aromatic carbocycles. The number of hydrogen-bond donors (Lipinski definition) is 1. The molecule has 0 spiro atoms. The summed E-state index contributed by atoms with van der Waals surface area (Å²) in [7, 11) is 0. The fraction of sp³-hybridized carbons (Fsp3) is 0.360. The molecule has 34 heavy (non-hydrogen) atoms. The van der Waals surface area contributed by atoms with Crippen LogP contribution in [0.3, 0.4) is 0 Å². The number of carbonyl (C=O) groups is 2. The zero-order valence-corrected chi connectivity index (χ0v) is 19.5. The Morgan fingerprint density at radius 3 is 2.47 bits per heavy atom. The maximum Gasteiger partial charge on any atom is 0.332 e. The zero-order valence-electron chi connectivity index (χ0n) is 19.5. The number of hydrogen-bond acceptors (Lipinski definition) is 5. The summed E-state index contributed by atoms with van der Waals surface area (Å²) in [4.78, 5) is 42.8. The highest BCUT2D eigenvalue weighted by molar-refractivity contribution is 6.21. The van der Waals surface area contributed by atoms with E-state index in [2.05, 4.69) is 15.1 Å². The normalized spacial score (nSPS) is 16.3. The first kappa shape index (κ1) is 23.6. The molecule has 4 rings (SSSR count). The summed E-state index contributed by atoms with van der Waals surface area (Å²) in [6.07, 6.45) is 0.294. The molecule has 1 N–H and O–H groups in total. The summed E-state index contributed by atoms with van der Waals surface area (Å²) in [6, 6.07) is 10.3. The number of nitrogens with zero attached hydrogens (tertiary/aromatic N) is 4. The molecular formula is C25H28FN5O3. The molecule has 1 fully saturated rings. The minimum Gasteiger partial charge on any atom is -0.311 e. The largest absolute Gasteiger partial charge is 0.332 e. The van der Waals surface area contributed by atoms with Crippen LogP contribution in [0.5, 0.6) is 0 Å². The Balaban J connectivity index is 1.63. The molecule has 1 aromatic heterocycles. The van der Waals surface area contributed by atoms with Gasteiger partial charge >= 0.3 is 6.03 Å². The topological polar surface area (TPSA) is 89.6 Å². The molecule has 1 aliphatic rings. The molecule has 1 saturated heterocycles. The lowest BCUT2D eigenvalue weighted by molar-refractivity contribution is -0.119. The van der Waals surface area contributed by atoms with Crippen molar-refractivity contribution < 1.29 is 14.0 Å². The Labute approximate surface area is 197 Å². The van der Waals surface area contributed by atoms with Crippen LogP contribution in [0.1, 0.15) is 32.0 Å². The summed E-state index contributed by atoms with van der Waals surface area (Å²) >= 11 is 0. The molecule has 178 valence electrons. The number of amides is 3. The van der Waals surface area contributed by atoms with Gasteiger partial charge < -0.3 is 9.80 Å². The van der Waals surface area contributed by atoms with E-state index in [1.54, 1.807) is 31.2 Å². The van der Waals surface area contributed by atoms with Crippen LogP contribution in [-0.2, 0) is 11.2 Å². The van der Waals surface area contributed by atoms with E-state index in [-0.39, 0.29) is 11.2 Å². The highest BCUT2D eigenvalue weighted by Gasteiger charge is 2.44. The highest BCUT2D eigenvalue weighted by Crippen LogP contribution is 2.29. The molecule has 2 heterocycles. The van der Waals surface area contributed by atoms with Gasteiger partial charge in [0.25, 0.3) is 11.5 Å². The van der Waals surface area contributed by atoms with Gasteiger partial charge in [0.05, 0.1) is 16.8 Å². The summed E-state index contributed by atoms with van der Waals surface area (Å²) in [6.45, 7) is 8.45. The van der Waals surface area contributed by atoms with E-state index in [1.165, 1.54) is 17.0 Å². The number of halogens is 1. The number of imide groups is 1. The van der Waals surface area contributed by atoms with E-state index in [0.29, 0.717) is 41.5 Å². The molecule has 3 amide bonds. The number of anilines is 1. The second-order valence-electron chi connectivity index (χ2n) is 8.36. The minimum atomic E-state index is -0.670. The summed E-state index contributed by atoms with van der Waals surface area (Å²) in [5, 5.41) is 7.87. The van der Waals surface area contributed by atoms with E-state index in [1.807, 2.05) is 19.9 Å². The van der Waals surface area contributed by atoms with Gasteiger partial charge in [-0.1, -0.05) is 38.1 Å². The number of carbonyl (C=O) groups excluding carboxylic acids is 2. The van der Waals surface area contributed by atoms with Crippen LogP contribution in [0.2, 0.25) is 0 Å². The Kier molecular flexibility index (Phi) is 6.74. The average Bonchev–Trinajstić information content (AvgIpc) is 3.05. The van der Waals surface area contributed by atoms with Gasteiger partial charge in [-0.15, -0.1) is 0 Å². The quantitative estimate of drug-likeness (QED) is 0.516. The van der Waals surface area contributed by atoms with Crippen LogP contribution < -0.4 is 10.5 Å². The van der Waals surface area contributed by atoms with E-state index >= 15 is 0 Å². The van der Waals surface area contributed by atoms with Crippen molar-refractivity contribution in [2.24, 2.45) is 0 Å². The Morgan fingerprint density at radius 2 is 1.76 bits per heavy atom. The van der Waals surface area contributed by atoms with E-state index in [9.17, 15) is 18.8 Å². The van der Waals surface area contributed by atoms with Crippen LogP contribution in [0.4, 0.5) is 14.9 Å². The van der Waals surface area contributed by atoms with E-state index in [0.717, 1.165) is 18.0 Å². The predicted molar refractivity (Wildman–Crippen MR) is 128 cm³/mol. The summed E-state index contributed by atoms with van der Waals surface area (Å²) < 4.78 is 14.9. The second kappa shape index (κ2) is 9.72. The van der Waals surface area contributed by atoms with Crippen molar-refractivity contribution in [2.75, 3.05) is 31.1 Å². The number of likely N-dealkylation sites (N-methyl/N-ethyl adjacent to an activating group) is 1. The molecule has 1 unspecified atom stereocenters. The number of urea groups is 1. The number of aromatic amines is 1. The lowest BCUT2D eigenvalue weighted by Gasteiger charge is -2.24. The van der Waals surface area contributed by atoms with Gasteiger partial charge in [0.15, 0.2) is 0 Å². The van der Waals surface area contributed by atoms with Crippen molar-refractivity contribution in [3.63, 3.8) is 0 Å². The number of nitrogens with one attached hydrogen (secondary N) is 1. The van der Waals surface area contributed by atoms with Gasteiger partial charge in [-0.25, -0.2) is 19.2 Å². The molecule has 0 aliphatic carbocycles. The molecule has 8 nitrogen and oxygen atoms in total. The number of H-pyrrole nitrogens is 1. The smallest absolute Gasteiger partial charge is 0.311 e. The van der Waals surface area contributed by atoms with Crippen molar-refractivity contribution >= 4 is 28.4 Å². The molecule has 3 aromatic rings. The van der Waals surface area contributed by atoms with Crippen molar-refractivity contribution in [2.45, 2.75) is 33.2 Å². The molecule has 9 heteroatoms. The average molecular weight is 466 g/mol. The van der Waals surface area contributed by atoms with Gasteiger partial charge in [-0.05, 0) is 43.8 Å². The second-order valence-corrected chi connectivity index (χ2v) is 8.36. The first-order valence-electron chi connectivity index (χ1n) is 11.5. The van der Waals surface area contributed by atoms with E-state index < -0.39 is 23.8 Å². The fourth-order valence-electron chi connectivity index (χ4n) is 4.35. The summed E-state index contributed by atoms with van der Waals surface area (Å²) in [5.74, 6) is -1.10. The summed E-state index contributed by atoms with van der Waals surface area (Å²) in [5.41, 5.74) is 0.918. The van der Waals surface area contributed by atoms with Crippen LogP contribution in [0, 0.1) is 5.82 Å². The molecular weight excluding hydrogens is 437 g/mol. The molecule has 0 bridgehead atoms. The third-order valence-electron chi connectivity index (χ3n) is 6.43. The molecule has 0 saturated carbocycles. The predicted octanol–water partition coefficient (Wildman–Crippen LogP) is 3.15. The van der Waals surface area contributed by atoms with Crippen LogP contribution >= 0.6 is 0 Å². The Hall–Kier alpha value is -3.59.